The maximum absolute atomic E-state index is 13.4. The van der Waals surface area contributed by atoms with E-state index in [1.54, 1.807) is 32.9 Å². The number of carbonyl (C=O) groups excluding carboxylic acids is 2. The standard InChI is InChI=1S/C23H25NO5S/c1-4-29-23(26)20-21(25)22-17(16-7-5-6-8-19(16)30-22)13-24(20)12-14-9-10-15(27-2)11-18(14)28-3/h5-11,17,20,22H,4,12-13H2,1-3H3. The van der Waals surface area contributed by atoms with Gasteiger partial charge in [0, 0.05) is 35.5 Å². The third-order valence-corrected chi connectivity index (χ3v) is 7.10. The maximum Gasteiger partial charge on any atom is 0.331 e. The summed E-state index contributed by atoms with van der Waals surface area (Å²) in [4.78, 5) is 29.3. The molecule has 0 bridgehead atoms. The van der Waals surface area contributed by atoms with E-state index < -0.39 is 12.0 Å². The number of thioether (sulfide) groups is 1. The number of carbonyl (C=O) groups is 2. The molecule has 2 aromatic carbocycles. The number of Topliss-reactive ketones (excluding diaryl/α,β-unsaturated/α-hetero) is 1. The van der Waals surface area contributed by atoms with Crippen LogP contribution in [0.15, 0.2) is 47.4 Å². The molecule has 0 radical (unpaired) electrons. The minimum Gasteiger partial charge on any atom is -0.497 e. The second kappa shape index (κ2) is 8.70. The molecule has 3 unspecified atom stereocenters. The van der Waals surface area contributed by atoms with Gasteiger partial charge in [-0.25, -0.2) is 4.79 Å². The van der Waals surface area contributed by atoms with E-state index in [2.05, 4.69) is 6.07 Å². The van der Waals surface area contributed by atoms with Crippen LogP contribution < -0.4 is 9.47 Å². The topological polar surface area (TPSA) is 65.1 Å². The van der Waals surface area contributed by atoms with Crippen molar-refractivity contribution < 1.29 is 23.8 Å². The minimum absolute atomic E-state index is 0.0496. The Morgan fingerprint density at radius 2 is 1.97 bits per heavy atom. The number of piperidine rings is 1. The van der Waals surface area contributed by atoms with Gasteiger partial charge in [0.15, 0.2) is 11.8 Å². The highest BCUT2D eigenvalue weighted by molar-refractivity contribution is 8.01. The largest absolute Gasteiger partial charge is 0.497 e. The lowest BCUT2D eigenvalue weighted by Crippen LogP contribution is -2.57. The number of ether oxygens (including phenoxy) is 3. The van der Waals surface area contributed by atoms with Gasteiger partial charge in [0.25, 0.3) is 0 Å². The van der Waals surface area contributed by atoms with E-state index in [-0.39, 0.29) is 23.6 Å². The van der Waals surface area contributed by atoms with Crippen molar-refractivity contribution in [1.82, 2.24) is 4.90 Å². The lowest BCUT2D eigenvalue weighted by Gasteiger charge is -2.39. The number of methoxy groups -OCH3 is 2. The highest BCUT2D eigenvalue weighted by atomic mass is 32.2. The number of rotatable bonds is 6. The third-order valence-electron chi connectivity index (χ3n) is 5.66. The molecule has 30 heavy (non-hydrogen) atoms. The monoisotopic (exact) mass is 427 g/mol. The number of nitrogens with zero attached hydrogens (tertiary/aromatic N) is 1. The molecule has 4 rings (SSSR count). The number of hydrogen-bond acceptors (Lipinski definition) is 7. The van der Waals surface area contributed by atoms with Crippen LogP contribution in [0.25, 0.3) is 0 Å². The van der Waals surface area contributed by atoms with Gasteiger partial charge < -0.3 is 14.2 Å². The molecule has 2 aliphatic rings. The quantitative estimate of drug-likeness (QED) is 0.518. The summed E-state index contributed by atoms with van der Waals surface area (Å²) in [6.45, 7) is 2.99. The Bertz CT molecular complexity index is 962. The Kier molecular flexibility index (Phi) is 6.01. The summed E-state index contributed by atoms with van der Waals surface area (Å²) < 4.78 is 16.1. The Balaban J connectivity index is 1.68. The van der Waals surface area contributed by atoms with Crippen LogP contribution in [0.3, 0.4) is 0 Å². The van der Waals surface area contributed by atoms with Crippen LogP contribution in [0.1, 0.15) is 24.0 Å². The van der Waals surface area contributed by atoms with Gasteiger partial charge in [0.2, 0.25) is 0 Å². The number of likely N-dealkylation sites (tertiary alicyclic amines) is 1. The highest BCUT2D eigenvalue weighted by Gasteiger charge is 2.50. The lowest BCUT2D eigenvalue weighted by atomic mass is 9.86. The summed E-state index contributed by atoms with van der Waals surface area (Å²) in [6, 6.07) is 12.8. The maximum atomic E-state index is 13.4. The van der Waals surface area contributed by atoms with Crippen LogP contribution in [0.4, 0.5) is 0 Å². The van der Waals surface area contributed by atoms with Gasteiger partial charge in [-0.2, -0.15) is 0 Å². The molecule has 158 valence electrons. The van der Waals surface area contributed by atoms with Crippen molar-refractivity contribution in [1.29, 1.82) is 0 Å². The SMILES string of the molecule is CCOC(=O)C1C(=O)C2Sc3ccccc3C2CN1Cc1ccc(OC)cc1OC. The van der Waals surface area contributed by atoms with Gasteiger partial charge >= 0.3 is 5.97 Å². The van der Waals surface area contributed by atoms with Crippen molar-refractivity contribution in [3.63, 3.8) is 0 Å². The lowest BCUT2D eigenvalue weighted by molar-refractivity contribution is -0.155. The molecular formula is C23H25NO5S. The zero-order chi connectivity index (χ0) is 21.3. The summed E-state index contributed by atoms with van der Waals surface area (Å²) >= 11 is 1.56. The molecule has 1 saturated heterocycles. The minimum atomic E-state index is -0.917. The van der Waals surface area contributed by atoms with Crippen molar-refractivity contribution >= 4 is 23.5 Å². The van der Waals surface area contributed by atoms with E-state index in [0.717, 1.165) is 10.5 Å². The van der Waals surface area contributed by atoms with Crippen LogP contribution >= 0.6 is 11.8 Å². The first-order valence-corrected chi connectivity index (χ1v) is 10.9. The number of benzene rings is 2. The average molecular weight is 428 g/mol. The molecule has 0 N–H and O–H groups in total. The molecule has 6 nitrogen and oxygen atoms in total. The van der Waals surface area contributed by atoms with Crippen molar-refractivity contribution in [2.75, 3.05) is 27.4 Å². The zero-order valence-electron chi connectivity index (χ0n) is 17.3. The average Bonchev–Trinajstić information content (AvgIpc) is 3.13. The molecule has 2 aliphatic heterocycles. The van der Waals surface area contributed by atoms with Crippen LogP contribution in [0, 0.1) is 0 Å². The molecule has 0 spiro atoms. The van der Waals surface area contributed by atoms with E-state index in [0.29, 0.717) is 24.6 Å². The fraction of sp³-hybridized carbons (Fsp3) is 0.391. The molecule has 7 heteroatoms. The van der Waals surface area contributed by atoms with E-state index in [1.807, 2.05) is 41.3 Å². The number of esters is 1. The Labute approximate surface area is 180 Å². The van der Waals surface area contributed by atoms with Gasteiger partial charge in [-0.15, -0.1) is 11.8 Å². The van der Waals surface area contributed by atoms with E-state index in [4.69, 9.17) is 14.2 Å². The van der Waals surface area contributed by atoms with E-state index in [9.17, 15) is 9.59 Å². The first-order valence-electron chi connectivity index (χ1n) is 9.98. The third kappa shape index (κ3) is 3.68. The predicted octanol–water partition coefficient (Wildman–Crippen LogP) is 3.28. The van der Waals surface area contributed by atoms with Gasteiger partial charge in [-0.05, 0) is 24.6 Å². The van der Waals surface area contributed by atoms with Crippen LogP contribution in [0.2, 0.25) is 0 Å². The Hall–Kier alpha value is -2.51. The summed E-state index contributed by atoms with van der Waals surface area (Å²) in [7, 11) is 3.20. The molecule has 1 fully saturated rings. The van der Waals surface area contributed by atoms with Gasteiger partial charge in [-0.1, -0.05) is 24.3 Å². The molecule has 2 heterocycles. The molecule has 3 atom stereocenters. The molecule has 2 aromatic rings. The molecular weight excluding hydrogens is 402 g/mol. The van der Waals surface area contributed by atoms with Gasteiger partial charge in [0.1, 0.15) is 11.5 Å². The summed E-state index contributed by atoms with van der Waals surface area (Å²) in [5.74, 6) is 0.832. The normalized spacial score (nSPS) is 22.9. The smallest absolute Gasteiger partial charge is 0.331 e. The van der Waals surface area contributed by atoms with Crippen LogP contribution in [0.5, 0.6) is 11.5 Å². The Morgan fingerprint density at radius 3 is 2.70 bits per heavy atom. The highest BCUT2D eigenvalue weighted by Crippen LogP contribution is 2.49. The molecule has 0 aromatic heterocycles. The summed E-state index contributed by atoms with van der Waals surface area (Å²) in [6.07, 6.45) is 0. The second-order valence-corrected chi connectivity index (χ2v) is 8.53. The van der Waals surface area contributed by atoms with Crippen molar-refractivity contribution in [3.8, 4) is 11.5 Å². The van der Waals surface area contributed by atoms with Gasteiger partial charge in [0.05, 0.1) is 26.1 Å². The Morgan fingerprint density at radius 1 is 1.17 bits per heavy atom. The van der Waals surface area contributed by atoms with Crippen molar-refractivity contribution in [2.24, 2.45) is 0 Å². The zero-order valence-corrected chi connectivity index (χ0v) is 18.1. The fourth-order valence-corrected chi connectivity index (χ4v) is 5.69. The number of fused-ring (bicyclic) bond motifs is 3. The van der Waals surface area contributed by atoms with Crippen molar-refractivity contribution in [3.05, 3.63) is 53.6 Å². The number of ketones is 1. The molecule has 0 amide bonds. The predicted molar refractivity (Wildman–Crippen MR) is 114 cm³/mol. The molecule has 0 saturated carbocycles. The number of hydrogen-bond donors (Lipinski definition) is 0. The summed E-state index contributed by atoms with van der Waals surface area (Å²) in [5.41, 5.74) is 2.06. The summed E-state index contributed by atoms with van der Waals surface area (Å²) in [5, 5.41) is -0.259. The van der Waals surface area contributed by atoms with E-state index in [1.165, 1.54) is 5.56 Å². The second-order valence-electron chi connectivity index (χ2n) is 7.35. The fourth-order valence-electron chi connectivity index (χ4n) is 4.26. The van der Waals surface area contributed by atoms with Crippen molar-refractivity contribution in [2.45, 2.75) is 35.6 Å². The van der Waals surface area contributed by atoms with Gasteiger partial charge in [-0.3, -0.25) is 9.69 Å². The van der Waals surface area contributed by atoms with Crippen LogP contribution in [-0.4, -0.2) is 55.3 Å². The first kappa shape index (κ1) is 20.8. The molecule has 0 aliphatic carbocycles. The first-order chi connectivity index (χ1) is 14.6. The van der Waals surface area contributed by atoms with Crippen LogP contribution in [-0.2, 0) is 20.9 Å². The van der Waals surface area contributed by atoms with E-state index >= 15 is 0 Å².